The van der Waals surface area contributed by atoms with Gasteiger partial charge in [-0.1, -0.05) is 33.3 Å². The normalized spacial score (nSPS) is 13.3. The average molecular weight is 348 g/mol. The molecule has 2 amide bonds. The third-order valence-electron chi connectivity index (χ3n) is 3.89. The molecule has 1 aromatic rings. The molecule has 2 unspecified atom stereocenters. The fourth-order valence-corrected chi connectivity index (χ4v) is 2.22. The Morgan fingerprint density at radius 2 is 2.00 bits per heavy atom. The molecule has 6 nitrogen and oxygen atoms in total. The van der Waals surface area contributed by atoms with Crippen molar-refractivity contribution in [1.82, 2.24) is 5.32 Å². The Morgan fingerprint density at radius 1 is 1.28 bits per heavy atom. The summed E-state index contributed by atoms with van der Waals surface area (Å²) in [6, 6.07) is 4.74. The second-order valence-electron chi connectivity index (χ2n) is 5.87. The van der Waals surface area contributed by atoms with Gasteiger partial charge in [0.05, 0.1) is 13.7 Å². The highest BCUT2D eigenvalue weighted by atomic mass is 16.5. The molecule has 6 heteroatoms. The van der Waals surface area contributed by atoms with Crippen LogP contribution in [-0.2, 0) is 9.59 Å². The Bertz CT molecular complexity index is 613. The van der Waals surface area contributed by atoms with E-state index in [0.29, 0.717) is 18.1 Å². The van der Waals surface area contributed by atoms with Crippen LogP contribution in [0.5, 0.6) is 11.5 Å². The van der Waals surface area contributed by atoms with Crippen LogP contribution in [0, 0.1) is 5.92 Å². The van der Waals surface area contributed by atoms with Crippen LogP contribution in [0.4, 0.5) is 0 Å². The van der Waals surface area contributed by atoms with Crippen LogP contribution in [0.25, 0.3) is 6.08 Å². The van der Waals surface area contributed by atoms with Crippen LogP contribution >= 0.6 is 0 Å². The molecule has 3 N–H and O–H groups in total. The van der Waals surface area contributed by atoms with Crippen molar-refractivity contribution in [1.29, 1.82) is 0 Å². The molecule has 0 spiro atoms. The van der Waals surface area contributed by atoms with Crippen LogP contribution in [0.3, 0.4) is 0 Å². The number of amides is 2. The zero-order valence-electron chi connectivity index (χ0n) is 15.4. The van der Waals surface area contributed by atoms with Crippen LogP contribution < -0.4 is 20.5 Å². The van der Waals surface area contributed by atoms with Crippen molar-refractivity contribution in [2.24, 2.45) is 11.7 Å². The van der Waals surface area contributed by atoms with E-state index >= 15 is 0 Å². The van der Waals surface area contributed by atoms with Gasteiger partial charge in [0.2, 0.25) is 11.8 Å². The second kappa shape index (κ2) is 10.4. The number of hydrogen-bond donors (Lipinski definition) is 2. The van der Waals surface area contributed by atoms with Gasteiger partial charge in [-0.3, -0.25) is 9.59 Å². The first-order valence-corrected chi connectivity index (χ1v) is 8.51. The first kappa shape index (κ1) is 20.5. The number of methoxy groups -OCH3 is 1. The molecule has 25 heavy (non-hydrogen) atoms. The lowest BCUT2D eigenvalue weighted by atomic mass is 9.98. The third-order valence-corrected chi connectivity index (χ3v) is 3.89. The van der Waals surface area contributed by atoms with Gasteiger partial charge in [0.15, 0.2) is 11.5 Å². The molecule has 138 valence electrons. The molecule has 0 heterocycles. The van der Waals surface area contributed by atoms with E-state index in [2.05, 4.69) is 5.32 Å². The van der Waals surface area contributed by atoms with Gasteiger partial charge < -0.3 is 20.5 Å². The minimum Gasteiger partial charge on any atom is -0.493 e. The van der Waals surface area contributed by atoms with Crippen molar-refractivity contribution < 1.29 is 19.1 Å². The lowest BCUT2D eigenvalue weighted by Crippen LogP contribution is -2.47. The standard InChI is InChI=1S/C19H28N2O4/c1-5-11-25-15-9-7-14(12-16(15)24-4)8-10-17(22)21-18(19(20)23)13(3)6-2/h7-10,12-13,18H,5-6,11H2,1-4H3,(H2,20,23)(H,21,22). The number of hydrogen-bond acceptors (Lipinski definition) is 4. The molecule has 2 atom stereocenters. The maximum absolute atomic E-state index is 12.1. The van der Waals surface area contributed by atoms with Gasteiger partial charge in [-0.2, -0.15) is 0 Å². The quantitative estimate of drug-likeness (QED) is 0.636. The Morgan fingerprint density at radius 3 is 2.56 bits per heavy atom. The highest BCUT2D eigenvalue weighted by molar-refractivity contribution is 5.95. The fraction of sp³-hybridized carbons (Fsp3) is 0.474. The zero-order valence-corrected chi connectivity index (χ0v) is 15.4. The van der Waals surface area contributed by atoms with E-state index in [1.54, 1.807) is 25.3 Å². The van der Waals surface area contributed by atoms with Gasteiger partial charge in [-0.25, -0.2) is 0 Å². The highest BCUT2D eigenvalue weighted by Gasteiger charge is 2.22. The molecule has 0 fully saturated rings. The molecule has 0 aliphatic rings. The summed E-state index contributed by atoms with van der Waals surface area (Å²) in [7, 11) is 1.57. The SMILES string of the molecule is CCCOc1ccc(C=CC(=O)NC(C(N)=O)C(C)CC)cc1OC. The van der Waals surface area contributed by atoms with Crippen molar-refractivity contribution in [2.45, 2.75) is 39.7 Å². The molecule has 0 aliphatic heterocycles. The number of rotatable bonds is 10. The van der Waals surface area contributed by atoms with Crippen molar-refractivity contribution in [3.05, 3.63) is 29.8 Å². The lowest BCUT2D eigenvalue weighted by Gasteiger charge is -2.20. The monoisotopic (exact) mass is 348 g/mol. The fourth-order valence-electron chi connectivity index (χ4n) is 2.22. The zero-order chi connectivity index (χ0) is 18.8. The summed E-state index contributed by atoms with van der Waals surface area (Å²) < 4.78 is 10.9. The largest absolute Gasteiger partial charge is 0.493 e. The van der Waals surface area contributed by atoms with E-state index in [-0.39, 0.29) is 11.8 Å². The third kappa shape index (κ3) is 6.49. The van der Waals surface area contributed by atoms with Gasteiger partial charge in [0.1, 0.15) is 6.04 Å². The van der Waals surface area contributed by atoms with Gasteiger partial charge in [0.25, 0.3) is 0 Å². The summed E-state index contributed by atoms with van der Waals surface area (Å²) in [6.45, 7) is 6.45. The van der Waals surface area contributed by atoms with Crippen molar-refractivity contribution in [2.75, 3.05) is 13.7 Å². The molecule has 0 bridgehead atoms. The molecule has 0 radical (unpaired) electrons. The molecular weight excluding hydrogens is 320 g/mol. The lowest BCUT2D eigenvalue weighted by molar-refractivity contribution is -0.126. The number of benzene rings is 1. The van der Waals surface area contributed by atoms with Gasteiger partial charge in [0, 0.05) is 6.08 Å². The van der Waals surface area contributed by atoms with E-state index in [4.69, 9.17) is 15.2 Å². The number of carbonyl (C=O) groups excluding carboxylic acids is 2. The van der Waals surface area contributed by atoms with Crippen LogP contribution in [0.15, 0.2) is 24.3 Å². The summed E-state index contributed by atoms with van der Waals surface area (Å²) in [5.41, 5.74) is 6.14. The topological polar surface area (TPSA) is 90.6 Å². The first-order chi connectivity index (χ1) is 11.9. The predicted octanol–water partition coefficient (Wildman–Crippen LogP) is 2.51. The average Bonchev–Trinajstić information content (AvgIpc) is 2.61. The van der Waals surface area contributed by atoms with E-state index in [9.17, 15) is 9.59 Å². The number of primary amides is 1. The number of nitrogens with one attached hydrogen (secondary N) is 1. The van der Waals surface area contributed by atoms with Crippen molar-refractivity contribution >= 4 is 17.9 Å². The van der Waals surface area contributed by atoms with Crippen LogP contribution in [0.1, 0.15) is 39.2 Å². The maximum Gasteiger partial charge on any atom is 0.244 e. The molecule has 1 aromatic carbocycles. The summed E-state index contributed by atoms with van der Waals surface area (Å²) >= 11 is 0. The van der Waals surface area contributed by atoms with Crippen molar-refractivity contribution in [3.63, 3.8) is 0 Å². The van der Waals surface area contributed by atoms with Gasteiger partial charge in [-0.05, 0) is 36.1 Å². The Labute approximate surface area is 149 Å². The molecule has 0 aliphatic carbocycles. The Hall–Kier alpha value is -2.50. The van der Waals surface area contributed by atoms with Crippen LogP contribution in [-0.4, -0.2) is 31.6 Å². The smallest absolute Gasteiger partial charge is 0.244 e. The van der Waals surface area contributed by atoms with E-state index in [1.807, 2.05) is 26.8 Å². The molecule has 0 saturated heterocycles. The Kier molecular flexibility index (Phi) is 8.53. The van der Waals surface area contributed by atoms with E-state index in [0.717, 1.165) is 18.4 Å². The minimum absolute atomic E-state index is 0.0232. The van der Waals surface area contributed by atoms with Crippen LogP contribution in [0.2, 0.25) is 0 Å². The molecule has 0 saturated carbocycles. The van der Waals surface area contributed by atoms with Gasteiger partial charge in [-0.15, -0.1) is 0 Å². The number of carbonyl (C=O) groups is 2. The first-order valence-electron chi connectivity index (χ1n) is 8.51. The predicted molar refractivity (Wildman–Crippen MR) is 98.4 cm³/mol. The van der Waals surface area contributed by atoms with Crippen molar-refractivity contribution in [3.8, 4) is 11.5 Å². The molecule has 0 aromatic heterocycles. The summed E-state index contributed by atoms with van der Waals surface area (Å²) in [5, 5.41) is 2.65. The number of ether oxygens (including phenoxy) is 2. The van der Waals surface area contributed by atoms with Gasteiger partial charge >= 0.3 is 0 Å². The minimum atomic E-state index is -0.679. The molecular formula is C19H28N2O4. The number of nitrogens with two attached hydrogens (primary N) is 1. The summed E-state index contributed by atoms with van der Waals surface area (Å²) in [6.07, 6.45) is 4.67. The second-order valence-corrected chi connectivity index (χ2v) is 5.87. The Balaban J connectivity index is 2.79. The summed E-state index contributed by atoms with van der Waals surface area (Å²) in [4.78, 5) is 23.5. The molecule has 1 rings (SSSR count). The maximum atomic E-state index is 12.1. The van der Waals surface area contributed by atoms with E-state index in [1.165, 1.54) is 6.08 Å². The highest BCUT2D eigenvalue weighted by Crippen LogP contribution is 2.28. The summed E-state index contributed by atoms with van der Waals surface area (Å²) in [5.74, 6) is 0.344. The van der Waals surface area contributed by atoms with E-state index < -0.39 is 11.9 Å².